The van der Waals surface area contributed by atoms with Gasteiger partial charge in [0.2, 0.25) is 11.8 Å². The molecule has 0 bridgehead atoms. The standard InChI is InChI=1S/C25H40Cl2F2N6O3S/c1-11-3-12(13-4-21(27)32-8-19(13)38-2)14(6-30-11)23(36)34-25-33-18-9-35(10-20(18)39-25)24(37)15-7-31-17(22(28)29)5-16(15)26/h11-22,25,30-33H,3-10H2,1-2H3,(H,34,36). The first-order chi connectivity index (χ1) is 18.6. The van der Waals surface area contributed by atoms with Crippen LogP contribution < -0.4 is 26.6 Å². The van der Waals surface area contributed by atoms with Gasteiger partial charge in [0, 0.05) is 62.5 Å². The number of fused-ring (bicyclic) bond motifs is 1. The fraction of sp³-hybridized carbons (Fsp3) is 0.920. The Balaban J connectivity index is 1.14. The van der Waals surface area contributed by atoms with Crippen molar-refractivity contribution in [2.45, 2.75) is 78.5 Å². The fourth-order valence-electron chi connectivity index (χ4n) is 7.01. The van der Waals surface area contributed by atoms with Gasteiger partial charge in [-0.3, -0.25) is 20.2 Å². The molecule has 5 heterocycles. The lowest BCUT2D eigenvalue weighted by Gasteiger charge is -2.45. The maximum Gasteiger partial charge on any atom is 0.253 e. The number of piperidine rings is 3. The summed E-state index contributed by atoms with van der Waals surface area (Å²) in [7, 11) is 1.72. The monoisotopic (exact) mass is 612 g/mol. The molecule has 12 atom stereocenters. The fourth-order valence-corrected chi connectivity index (χ4v) is 9.10. The second kappa shape index (κ2) is 12.8. The summed E-state index contributed by atoms with van der Waals surface area (Å²) in [5, 5.41) is 15.7. The summed E-state index contributed by atoms with van der Waals surface area (Å²) in [4.78, 5) is 28.5. The zero-order valence-electron chi connectivity index (χ0n) is 22.3. The molecule has 0 aromatic heterocycles. The first kappa shape index (κ1) is 30.0. The molecule has 5 aliphatic heterocycles. The van der Waals surface area contributed by atoms with Crippen LogP contribution in [0.5, 0.6) is 0 Å². The number of hydrogen-bond acceptors (Lipinski definition) is 8. The third kappa shape index (κ3) is 6.63. The Labute approximate surface area is 242 Å². The molecule has 222 valence electrons. The average Bonchev–Trinajstić information content (AvgIpc) is 3.47. The van der Waals surface area contributed by atoms with E-state index in [2.05, 4.69) is 33.5 Å². The van der Waals surface area contributed by atoms with Crippen LogP contribution in [0.2, 0.25) is 0 Å². The van der Waals surface area contributed by atoms with Crippen LogP contribution in [0.1, 0.15) is 26.2 Å². The van der Waals surface area contributed by atoms with Crippen LogP contribution >= 0.6 is 35.0 Å². The van der Waals surface area contributed by atoms with Crippen LogP contribution in [0, 0.1) is 23.7 Å². The third-order valence-electron chi connectivity index (χ3n) is 9.18. The molecule has 0 aromatic rings. The Morgan fingerprint density at radius 2 is 1.79 bits per heavy atom. The van der Waals surface area contributed by atoms with Crippen molar-refractivity contribution < 1.29 is 23.1 Å². The van der Waals surface area contributed by atoms with Gasteiger partial charge in [-0.1, -0.05) is 0 Å². The average molecular weight is 614 g/mol. The van der Waals surface area contributed by atoms with E-state index in [9.17, 15) is 18.4 Å². The lowest BCUT2D eigenvalue weighted by atomic mass is 9.70. The number of carbonyl (C=O) groups excluding carboxylic acids is 2. The van der Waals surface area contributed by atoms with E-state index >= 15 is 0 Å². The molecule has 0 aliphatic carbocycles. The number of alkyl halides is 4. The summed E-state index contributed by atoms with van der Waals surface area (Å²) in [5.74, 6) is -0.432. The Kier molecular flexibility index (Phi) is 9.85. The summed E-state index contributed by atoms with van der Waals surface area (Å²) in [6.07, 6.45) is -0.770. The number of thioether (sulfide) groups is 1. The molecule has 39 heavy (non-hydrogen) atoms. The minimum absolute atomic E-state index is 0.0145. The van der Waals surface area contributed by atoms with Gasteiger partial charge in [-0.25, -0.2) is 8.78 Å². The smallest absolute Gasteiger partial charge is 0.253 e. The van der Waals surface area contributed by atoms with E-state index < -0.39 is 23.8 Å². The van der Waals surface area contributed by atoms with E-state index in [1.54, 1.807) is 23.8 Å². The number of amides is 2. The minimum Gasteiger partial charge on any atom is -0.380 e. The van der Waals surface area contributed by atoms with Gasteiger partial charge in [-0.2, -0.15) is 0 Å². The second-order valence-electron chi connectivity index (χ2n) is 11.7. The predicted octanol–water partition coefficient (Wildman–Crippen LogP) is 0.956. The minimum atomic E-state index is -2.50. The number of carbonyl (C=O) groups is 2. The van der Waals surface area contributed by atoms with Crippen LogP contribution in [0.4, 0.5) is 8.78 Å². The zero-order chi connectivity index (χ0) is 27.8. The maximum absolute atomic E-state index is 13.6. The highest BCUT2D eigenvalue weighted by Gasteiger charge is 2.48. The van der Waals surface area contributed by atoms with Gasteiger partial charge in [0.25, 0.3) is 6.43 Å². The van der Waals surface area contributed by atoms with Crippen molar-refractivity contribution >= 4 is 46.8 Å². The van der Waals surface area contributed by atoms with Crippen LogP contribution in [0.25, 0.3) is 0 Å². The molecule has 0 aromatic carbocycles. The van der Waals surface area contributed by atoms with Gasteiger partial charge in [0.15, 0.2) is 0 Å². The van der Waals surface area contributed by atoms with Crippen LogP contribution in [0.3, 0.4) is 0 Å². The van der Waals surface area contributed by atoms with Gasteiger partial charge >= 0.3 is 0 Å². The Morgan fingerprint density at radius 3 is 2.49 bits per heavy atom. The van der Waals surface area contributed by atoms with Gasteiger partial charge in [-0.05, 0) is 38.0 Å². The molecule has 5 aliphatic rings. The molecule has 14 heteroatoms. The number of likely N-dealkylation sites (tertiary alicyclic amines) is 1. The molecule has 12 unspecified atom stereocenters. The Bertz CT molecular complexity index is 885. The summed E-state index contributed by atoms with van der Waals surface area (Å²) in [5.41, 5.74) is -0.364. The number of rotatable bonds is 6. The van der Waals surface area contributed by atoms with Gasteiger partial charge in [-0.15, -0.1) is 35.0 Å². The van der Waals surface area contributed by atoms with Gasteiger partial charge < -0.3 is 25.6 Å². The second-order valence-corrected chi connectivity index (χ2v) is 14.1. The van der Waals surface area contributed by atoms with Crippen molar-refractivity contribution in [3.63, 3.8) is 0 Å². The van der Waals surface area contributed by atoms with Crippen molar-refractivity contribution in [3.8, 4) is 0 Å². The molecular weight excluding hydrogens is 573 g/mol. The first-order valence-corrected chi connectivity index (χ1v) is 15.8. The van der Waals surface area contributed by atoms with Crippen molar-refractivity contribution in [2.75, 3.05) is 39.8 Å². The quantitative estimate of drug-likeness (QED) is 0.223. The number of nitrogens with zero attached hydrogens (tertiary/aromatic N) is 1. The lowest BCUT2D eigenvalue weighted by Crippen LogP contribution is -2.57. The van der Waals surface area contributed by atoms with Crippen molar-refractivity contribution in [1.29, 1.82) is 0 Å². The van der Waals surface area contributed by atoms with Crippen LogP contribution in [0.15, 0.2) is 0 Å². The van der Waals surface area contributed by atoms with Crippen LogP contribution in [-0.4, -0.2) is 109 Å². The summed E-state index contributed by atoms with van der Waals surface area (Å²) in [6.45, 7) is 4.64. The highest BCUT2D eigenvalue weighted by molar-refractivity contribution is 8.00. The number of methoxy groups -OCH3 is 1. The lowest BCUT2D eigenvalue weighted by molar-refractivity contribution is -0.135. The summed E-state index contributed by atoms with van der Waals surface area (Å²) < 4.78 is 31.8. The molecule has 0 saturated carbocycles. The van der Waals surface area contributed by atoms with E-state index in [4.69, 9.17) is 27.9 Å². The van der Waals surface area contributed by atoms with E-state index in [0.29, 0.717) is 32.2 Å². The predicted molar refractivity (Wildman–Crippen MR) is 148 cm³/mol. The van der Waals surface area contributed by atoms with Gasteiger partial charge in [0.05, 0.1) is 29.5 Å². The molecule has 0 radical (unpaired) electrons. The molecule has 9 nitrogen and oxygen atoms in total. The summed E-state index contributed by atoms with van der Waals surface area (Å²) in [6, 6.07) is -0.608. The normalized spacial score (nSPS) is 44.8. The molecule has 5 N–H and O–H groups in total. The largest absolute Gasteiger partial charge is 0.380 e. The zero-order valence-corrected chi connectivity index (χ0v) is 24.6. The number of halogens is 4. The third-order valence-corrected chi connectivity index (χ3v) is 11.3. The number of hydrogen-bond donors (Lipinski definition) is 5. The molecule has 2 amide bonds. The van der Waals surface area contributed by atoms with E-state index in [1.165, 1.54) is 0 Å². The molecule has 5 fully saturated rings. The summed E-state index contributed by atoms with van der Waals surface area (Å²) >= 11 is 14.4. The molecule has 5 rings (SSSR count). The number of nitrogens with one attached hydrogen (secondary N) is 5. The maximum atomic E-state index is 13.6. The van der Waals surface area contributed by atoms with E-state index in [1.807, 2.05) is 0 Å². The SMILES string of the molecule is COC1CNC(Cl)CC1C1CC(C)NCC1C(=O)NC1NC2CN(C(=O)C3CNC(C(F)F)CC3Cl)CC2S1. The molecule has 0 spiro atoms. The molecule has 5 saturated heterocycles. The van der Waals surface area contributed by atoms with E-state index in [0.717, 1.165) is 12.8 Å². The number of ether oxygens (including phenoxy) is 1. The first-order valence-electron chi connectivity index (χ1n) is 13.9. The molecular formula is C25H40Cl2F2N6O3S. The highest BCUT2D eigenvalue weighted by atomic mass is 35.5. The van der Waals surface area contributed by atoms with Gasteiger partial charge in [0.1, 0.15) is 5.50 Å². The topological polar surface area (TPSA) is 107 Å². The van der Waals surface area contributed by atoms with Crippen molar-refractivity contribution in [3.05, 3.63) is 0 Å². The highest BCUT2D eigenvalue weighted by Crippen LogP contribution is 2.39. The van der Waals surface area contributed by atoms with Crippen LogP contribution in [-0.2, 0) is 14.3 Å². The Morgan fingerprint density at radius 1 is 1.03 bits per heavy atom. The van der Waals surface area contributed by atoms with Crippen molar-refractivity contribution in [1.82, 2.24) is 31.5 Å². The van der Waals surface area contributed by atoms with E-state index in [-0.39, 0.29) is 70.9 Å². The Hall–Kier alpha value is -0.470. The van der Waals surface area contributed by atoms with Crippen molar-refractivity contribution in [2.24, 2.45) is 23.7 Å².